The lowest BCUT2D eigenvalue weighted by molar-refractivity contribution is 0.191. The zero-order valence-electron chi connectivity index (χ0n) is 11.8. The molecule has 2 unspecified atom stereocenters. The van der Waals surface area contributed by atoms with Crippen molar-refractivity contribution in [1.82, 2.24) is 4.72 Å². The Morgan fingerprint density at radius 1 is 1.55 bits per heavy atom. The molecule has 2 rings (SSSR count). The lowest BCUT2D eigenvalue weighted by Gasteiger charge is -2.42. The summed E-state index contributed by atoms with van der Waals surface area (Å²) in [6.07, 6.45) is 4.01. The molecule has 0 spiro atoms. The van der Waals surface area contributed by atoms with Crippen LogP contribution in [0.5, 0.6) is 0 Å². The van der Waals surface area contributed by atoms with E-state index < -0.39 is 15.6 Å². The van der Waals surface area contributed by atoms with Crippen molar-refractivity contribution in [2.75, 3.05) is 6.54 Å². The van der Waals surface area contributed by atoms with Crippen LogP contribution in [0.2, 0.25) is 0 Å². The van der Waals surface area contributed by atoms with Gasteiger partial charge < -0.3 is 5.73 Å². The zero-order chi connectivity index (χ0) is 15.0. The summed E-state index contributed by atoms with van der Waals surface area (Å²) in [6, 6.07) is 1.70. The van der Waals surface area contributed by atoms with E-state index in [9.17, 15) is 8.42 Å². The molecule has 0 radical (unpaired) electrons. The first kappa shape index (κ1) is 16.4. The lowest BCUT2D eigenvalue weighted by atomic mass is 9.74. The number of hydrogen-bond donors (Lipinski definition) is 2. The molecule has 1 aliphatic carbocycles. The van der Waals surface area contributed by atoms with Crippen molar-refractivity contribution < 1.29 is 8.42 Å². The molecule has 1 saturated carbocycles. The number of aryl methyl sites for hydroxylation is 1. The number of thiophene rings is 1. The Balaban J connectivity index is 2.30. The first-order valence-corrected chi connectivity index (χ1v) is 9.90. The van der Waals surface area contributed by atoms with Crippen LogP contribution in [0.1, 0.15) is 38.2 Å². The van der Waals surface area contributed by atoms with E-state index in [0.717, 1.165) is 35.0 Å². The van der Waals surface area contributed by atoms with Crippen LogP contribution >= 0.6 is 27.3 Å². The Labute approximate surface area is 133 Å². The molecule has 1 aromatic heterocycles. The zero-order valence-corrected chi connectivity index (χ0v) is 15.0. The molecule has 0 aliphatic heterocycles. The number of sulfonamides is 1. The van der Waals surface area contributed by atoms with Crippen molar-refractivity contribution in [2.24, 2.45) is 11.7 Å². The monoisotopic (exact) mass is 380 g/mol. The fourth-order valence-corrected chi connectivity index (χ4v) is 6.55. The fraction of sp³-hybridized carbons (Fsp3) is 0.692. The molecule has 114 valence electrons. The van der Waals surface area contributed by atoms with Gasteiger partial charge in [0, 0.05) is 12.1 Å². The van der Waals surface area contributed by atoms with Crippen molar-refractivity contribution >= 4 is 37.3 Å². The molecule has 0 aromatic carbocycles. The largest absolute Gasteiger partial charge is 0.329 e. The smallest absolute Gasteiger partial charge is 0.250 e. The van der Waals surface area contributed by atoms with Gasteiger partial charge in [0.05, 0.1) is 3.79 Å². The van der Waals surface area contributed by atoms with Crippen molar-refractivity contribution in [1.29, 1.82) is 0 Å². The van der Waals surface area contributed by atoms with Gasteiger partial charge in [-0.1, -0.05) is 19.8 Å². The molecule has 7 heteroatoms. The first-order valence-electron chi connectivity index (χ1n) is 6.81. The summed E-state index contributed by atoms with van der Waals surface area (Å²) in [4.78, 5) is 0. The minimum absolute atomic E-state index is 0.264. The molecule has 3 N–H and O–H groups in total. The molecular formula is C13H21BrN2O2S2. The summed E-state index contributed by atoms with van der Waals surface area (Å²) in [5, 5.41) is 0. The second kappa shape index (κ2) is 6.04. The SMILES string of the molecule is Cc1cc(S(=O)(=O)NC2(CN)CCCCC2C)sc1Br. The average molecular weight is 381 g/mol. The molecular weight excluding hydrogens is 360 g/mol. The highest BCUT2D eigenvalue weighted by atomic mass is 79.9. The molecule has 4 nitrogen and oxygen atoms in total. The van der Waals surface area contributed by atoms with Crippen LogP contribution in [0, 0.1) is 12.8 Å². The summed E-state index contributed by atoms with van der Waals surface area (Å²) in [6.45, 7) is 4.32. The predicted molar refractivity (Wildman–Crippen MR) is 86.5 cm³/mol. The third-order valence-corrected chi connectivity index (χ3v) is 8.42. The molecule has 0 saturated heterocycles. The maximum atomic E-state index is 12.6. The Bertz CT molecular complexity index is 566. The highest BCUT2D eigenvalue weighted by molar-refractivity contribution is 9.11. The normalized spacial score (nSPS) is 27.7. The van der Waals surface area contributed by atoms with E-state index >= 15 is 0 Å². The van der Waals surface area contributed by atoms with Gasteiger partial charge in [-0.05, 0) is 53.2 Å². The molecule has 1 aliphatic rings. The molecule has 0 amide bonds. The topological polar surface area (TPSA) is 72.2 Å². The van der Waals surface area contributed by atoms with E-state index in [1.165, 1.54) is 11.3 Å². The molecule has 2 atom stereocenters. The van der Waals surface area contributed by atoms with Crippen LogP contribution in [0.3, 0.4) is 0 Å². The highest BCUT2D eigenvalue weighted by Crippen LogP contribution is 2.36. The summed E-state index contributed by atoms with van der Waals surface area (Å²) in [7, 11) is -3.51. The van der Waals surface area contributed by atoms with E-state index in [4.69, 9.17) is 5.73 Å². The van der Waals surface area contributed by atoms with E-state index in [1.807, 2.05) is 6.92 Å². The number of hydrogen-bond acceptors (Lipinski definition) is 4. The second-order valence-electron chi connectivity index (χ2n) is 5.63. The van der Waals surface area contributed by atoms with Crippen molar-refractivity contribution in [3.05, 3.63) is 15.4 Å². The minimum atomic E-state index is -3.51. The van der Waals surface area contributed by atoms with Crippen LogP contribution in [-0.2, 0) is 10.0 Å². The second-order valence-corrected chi connectivity index (χ2v) is 9.91. The number of rotatable bonds is 4. The summed E-state index contributed by atoms with van der Waals surface area (Å²) in [5.41, 5.74) is 6.36. The molecule has 0 bridgehead atoms. The summed E-state index contributed by atoms with van der Waals surface area (Å²) >= 11 is 4.62. The third kappa shape index (κ3) is 3.11. The van der Waals surface area contributed by atoms with Crippen LogP contribution in [0.25, 0.3) is 0 Å². The van der Waals surface area contributed by atoms with Crippen LogP contribution in [0.15, 0.2) is 14.1 Å². The van der Waals surface area contributed by atoms with Gasteiger partial charge in [-0.25, -0.2) is 13.1 Å². The van der Waals surface area contributed by atoms with Gasteiger partial charge in [0.1, 0.15) is 4.21 Å². The van der Waals surface area contributed by atoms with Crippen LogP contribution < -0.4 is 10.5 Å². The van der Waals surface area contributed by atoms with Crippen molar-refractivity contribution in [3.8, 4) is 0 Å². The summed E-state index contributed by atoms with van der Waals surface area (Å²) < 4.78 is 29.3. The van der Waals surface area contributed by atoms with Gasteiger partial charge >= 0.3 is 0 Å². The Kier molecular flexibility index (Phi) is 4.96. The van der Waals surface area contributed by atoms with Crippen LogP contribution in [0.4, 0.5) is 0 Å². The fourth-order valence-electron chi connectivity index (χ4n) is 2.79. The van der Waals surface area contributed by atoms with E-state index in [2.05, 4.69) is 27.6 Å². The highest BCUT2D eigenvalue weighted by Gasteiger charge is 2.41. The number of halogens is 1. The van der Waals surface area contributed by atoms with E-state index in [1.54, 1.807) is 6.07 Å². The Morgan fingerprint density at radius 2 is 2.25 bits per heavy atom. The Hall–Kier alpha value is 0.0500. The van der Waals surface area contributed by atoms with E-state index in [-0.39, 0.29) is 5.92 Å². The lowest BCUT2D eigenvalue weighted by Crippen LogP contribution is -2.58. The van der Waals surface area contributed by atoms with Gasteiger partial charge in [0.15, 0.2) is 0 Å². The molecule has 1 fully saturated rings. The standard InChI is InChI=1S/C13H21BrN2O2S2/c1-9-7-11(19-12(9)14)20(17,18)16-13(8-15)6-4-3-5-10(13)2/h7,10,16H,3-6,8,15H2,1-2H3. The molecule has 1 aromatic rings. The van der Waals surface area contributed by atoms with E-state index in [0.29, 0.717) is 10.8 Å². The maximum absolute atomic E-state index is 12.6. The molecule has 1 heterocycles. The van der Waals surface area contributed by atoms with Gasteiger partial charge in [-0.2, -0.15) is 0 Å². The van der Waals surface area contributed by atoms with Crippen LogP contribution in [-0.4, -0.2) is 20.5 Å². The van der Waals surface area contributed by atoms with Gasteiger partial charge in [0.2, 0.25) is 0 Å². The number of nitrogens with one attached hydrogen (secondary N) is 1. The predicted octanol–water partition coefficient (Wildman–Crippen LogP) is 3.00. The summed E-state index contributed by atoms with van der Waals surface area (Å²) in [5.74, 6) is 0.264. The van der Waals surface area contributed by atoms with Crippen molar-refractivity contribution in [3.63, 3.8) is 0 Å². The number of nitrogens with two attached hydrogens (primary N) is 1. The minimum Gasteiger partial charge on any atom is -0.329 e. The van der Waals surface area contributed by atoms with Gasteiger partial charge in [0.25, 0.3) is 10.0 Å². The average Bonchev–Trinajstić information content (AvgIpc) is 2.73. The maximum Gasteiger partial charge on any atom is 0.250 e. The molecule has 20 heavy (non-hydrogen) atoms. The first-order chi connectivity index (χ1) is 9.31. The quantitative estimate of drug-likeness (QED) is 0.842. The van der Waals surface area contributed by atoms with Crippen molar-refractivity contribution in [2.45, 2.75) is 49.3 Å². The third-order valence-electron chi connectivity index (χ3n) is 4.25. The van der Waals surface area contributed by atoms with Gasteiger partial charge in [-0.3, -0.25) is 0 Å². The van der Waals surface area contributed by atoms with Gasteiger partial charge in [-0.15, -0.1) is 11.3 Å². The Morgan fingerprint density at radius 3 is 2.75 bits per heavy atom.